The Bertz CT molecular complexity index is 381. The number of rotatable bonds is 13. The van der Waals surface area contributed by atoms with E-state index in [1.54, 1.807) is 0 Å². The first-order chi connectivity index (χ1) is 13.4. The minimum absolute atomic E-state index is 0.537. The lowest BCUT2D eigenvalue weighted by Crippen LogP contribution is -2.38. The first-order valence-electron chi connectivity index (χ1n) is 11.1. The van der Waals surface area contributed by atoms with Gasteiger partial charge in [0.2, 0.25) is 0 Å². The van der Waals surface area contributed by atoms with Gasteiger partial charge in [-0.15, -0.1) is 0 Å². The molecule has 0 aromatic rings. The quantitative estimate of drug-likeness (QED) is 0.291. The lowest BCUT2D eigenvalue weighted by atomic mass is 9.98. The molecule has 0 bridgehead atoms. The average molecular weight is 384 g/mol. The lowest BCUT2D eigenvalue weighted by molar-refractivity contribution is 0.0264. The number of nitrogens with zero attached hydrogens (tertiary/aromatic N) is 1. The second-order valence-electron chi connectivity index (χ2n) is 7.78. The molecule has 1 aliphatic heterocycles. The maximum absolute atomic E-state index is 5.97. The summed E-state index contributed by atoms with van der Waals surface area (Å²) in [5.74, 6) is 1.48. The molecule has 0 radical (unpaired) electrons. The molecule has 2 rings (SSSR count). The summed E-state index contributed by atoms with van der Waals surface area (Å²) < 4.78 is 17.0. The molecular weight excluding hydrogens is 342 g/mol. The van der Waals surface area contributed by atoms with Crippen LogP contribution in [0.2, 0.25) is 0 Å². The number of hydrogen-bond donors (Lipinski definition) is 2. The van der Waals surface area contributed by atoms with Crippen molar-refractivity contribution in [2.75, 3.05) is 53.2 Å². The summed E-state index contributed by atoms with van der Waals surface area (Å²) in [4.78, 5) is 4.28. The number of unbranched alkanes of at least 4 members (excludes halogenated alkanes) is 2. The molecule has 1 saturated heterocycles. The molecule has 1 saturated carbocycles. The van der Waals surface area contributed by atoms with Gasteiger partial charge < -0.3 is 24.8 Å². The summed E-state index contributed by atoms with van der Waals surface area (Å²) >= 11 is 0. The second-order valence-corrected chi connectivity index (χ2v) is 7.78. The van der Waals surface area contributed by atoms with Crippen molar-refractivity contribution in [1.29, 1.82) is 0 Å². The van der Waals surface area contributed by atoms with Crippen molar-refractivity contribution in [1.82, 2.24) is 10.6 Å². The van der Waals surface area contributed by atoms with Crippen molar-refractivity contribution >= 4 is 5.96 Å². The predicted molar refractivity (Wildman–Crippen MR) is 110 cm³/mol. The highest BCUT2D eigenvalue weighted by molar-refractivity contribution is 5.79. The minimum Gasteiger partial charge on any atom is -0.381 e. The van der Waals surface area contributed by atoms with Crippen LogP contribution in [-0.2, 0) is 14.2 Å². The van der Waals surface area contributed by atoms with Gasteiger partial charge in [-0.05, 0) is 44.9 Å². The largest absolute Gasteiger partial charge is 0.381 e. The van der Waals surface area contributed by atoms with E-state index in [0.29, 0.717) is 12.0 Å². The van der Waals surface area contributed by atoms with Crippen molar-refractivity contribution in [3.05, 3.63) is 0 Å². The van der Waals surface area contributed by atoms with Crippen LogP contribution in [0.1, 0.15) is 64.2 Å². The third-order valence-electron chi connectivity index (χ3n) is 5.38. The Labute approximate surface area is 165 Å². The second kappa shape index (κ2) is 15.1. The predicted octanol–water partition coefficient (Wildman–Crippen LogP) is 3.11. The van der Waals surface area contributed by atoms with Crippen LogP contribution in [0.4, 0.5) is 0 Å². The molecular formula is C21H41N3O3. The topological polar surface area (TPSA) is 64.1 Å². The van der Waals surface area contributed by atoms with E-state index >= 15 is 0 Å². The SMILES string of the molecule is CN=C(NCCCCCOC1CCCCC1)NCCCOCC1CCOC1. The Hall–Kier alpha value is -0.850. The number of hydrogen-bond acceptors (Lipinski definition) is 4. The minimum atomic E-state index is 0.537. The monoisotopic (exact) mass is 383 g/mol. The number of guanidine groups is 1. The van der Waals surface area contributed by atoms with Gasteiger partial charge in [-0.25, -0.2) is 0 Å². The van der Waals surface area contributed by atoms with Crippen LogP contribution in [0.15, 0.2) is 4.99 Å². The fourth-order valence-corrected chi connectivity index (χ4v) is 3.66. The Kier molecular flexibility index (Phi) is 12.6. The molecule has 2 fully saturated rings. The number of nitrogens with one attached hydrogen (secondary N) is 2. The van der Waals surface area contributed by atoms with Gasteiger partial charge >= 0.3 is 0 Å². The number of ether oxygens (including phenoxy) is 3. The first-order valence-corrected chi connectivity index (χ1v) is 11.1. The van der Waals surface area contributed by atoms with Crippen LogP contribution in [-0.4, -0.2) is 65.2 Å². The maximum Gasteiger partial charge on any atom is 0.190 e. The fraction of sp³-hybridized carbons (Fsp3) is 0.952. The van der Waals surface area contributed by atoms with E-state index in [1.165, 1.54) is 38.5 Å². The Morgan fingerprint density at radius 2 is 1.78 bits per heavy atom. The van der Waals surface area contributed by atoms with Gasteiger partial charge in [-0.1, -0.05) is 19.3 Å². The first kappa shape index (κ1) is 22.4. The van der Waals surface area contributed by atoms with Crippen LogP contribution in [0, 0.1) is 5.92 Å². The van der Waals surface area contributed by atoms with Crippen LogP contribution in [0.25, 0.3) is 0 Å². The highest BCUT2D eigenvalue weighted by Gasteiger charge is 2.15. The van der Waals surface area contributed by atoms with Gasteiger partial charge in [0.15, 0.2) is 5.96 Å². The summed E-state index contributed by atoms with van der Waals surface area (Å²) in [6.07, 6.45) is 12.8. The molecule has 0 amide bonds. The van der Waals surface area contributed by atoms with E-state index in [2.05, 4.69) is 15.6 Å². The zero-order chi connectivity index (χ0) is 19.0. The Morgan fingerprint density at radius 3 is 2.52 bits per heavy atom. The van der Waals surface area contributed by atoms with Gasteiger partial charge in [-0.3, -0.25) is 4.99 Å². The van der Waals surface area contributed by atoms with Crippen LogP contribution in [0.3, 0.4) is 0 Å². The molecule has 6 heteroatoms. The summed E-state index contributed by atoms with van der Waals surface area (Å²) in [5.41, 5.74) is 0. The lowest BCUT2D eigenvalue weighted by Gasteiger charge is -2.21. The van der Waals surface area contributed by atoms with Crippen molar-refractivity contribution in [3.63, 3.8) is 0 Å². The van der Waals surface area contributed by atoms with E-state index < -0.39 is 0 Å². The van der Waals surface area contributed by atoms with Crippen LogP contribution < -0.4 is 10.6 Å². The molecule has 158 valence electrons. The summed E-state index contributed by atoms with van der Waals surface area (Å²) in [6, 6.07) is 0. The summed E-state index contributed by atoms with van der Waals surface area (Å²) in [6.45, 7) is 6.15. The number of aliphatic imine (C=N–C) groups is 1. The summed E-state index contributed by atoms with van der Waals surface area (Å²) in [5, 5.41) is 6.74. The van der Waals surface area contributed by atoms with Gasteiger partial charge in [-0.2, -0.15) is 0 Å². The van der Waals surface area contributed by atoms with Crippen molar-refractivity contribution in [2.45, 2.75) is 70.3 Å². The smallest absolute Gasteiger partial charge is 0.190 e. The zero-order valence-corrected chi connectivity index (χ0v) is 17.3. The third kappa shape index (κ3) is 10.9. The molecule has 1 atom stereocenters. The molecule has 0 aromatic heterocycles. The van der Waals surface area contributed by atoms with Crippen LogP contribution in [0.5, 0.6) is 0 Å². The van der Waals surface area contributed by atoms with E-state index in [0.717, 1.165) is 77.8 Å². The van der Waals surface area contributed by atoms with Gasteiger partial charge in [0, 0.05) is 45.9 Å². The normalized spacial score (nSPS) is 21.5. The van der Waals surface area contributed by atoms with Crippen molar-refractivity contribution in [2.24, 2.45) is 10.9 Å². The molecule has 1 heterocycles. The standard InChI is InChI=1S/C21H41N3O3/c1-22-21(24-13-8-14-25-17-19-11-16-26-18-19)23-12-6-3-7-15-27-20-9-4-2-5-10-20/h19-20H,2-18H2,1H3,(H2,22,23,24). The molecule has 0 spiro atoms. The Morgan fingerprint density at radius 1 is 0.963 bits per heavy atom. The van der Waals surface area contributed by atoms with Crippen molar-refractivity contribution in [3.8, 4) is 0 Å². The molecule has 6 nitrogen and oxygen atoms in total. The van der Waals surface area contributed by atoms with E-state index in [-0.39, 0.29) is 0 Å². The molecule has 27 heavy (non-hydrogen) atoms. The maximum atomic E-state index is 5.97. The third-order valence-corrected chi connectivity index (χ3v) is 5.38. The average Bonchev–Trinajstić information content (AvgIpc) is 3.22. The molecule has 2 N–H and O–H groups in total. The van der Waals surface area contributed by atoms with Crippen molar-refractivity contribution < 1.29 is 14.2 Å². The van der Waals surface area contributed by atoms with E-state index in [9.17, 15) is 0 Å². The molecule has 2 aliphatic rings. The summed E-state index contributed by atoms with van der Waals surface area (Å²) in [7, 11) is 1.82. The van der Waals surface area contributed by atoms with E-state index in [1.807, 2.05) is 7.05 Å². The van der Waals surface area contributed by atoms with Gasteiger partial charge in [0.25, 0.3) is 0 Å². The van der Waals surface area contributed by atoms with Gasteiger partial charge in [0.1, 0.15) is 0 Å². The Balaban J connectivity index is 1.34. The van der Waals surface area contributed by atoms with E-state index in [4.69, 9.17) is 14.2 Å². The molecule has 1 unspecified atom stereocenters. The zero-order valence-electron chi connectivity index (χ0n) is 17.3. The molecule has 1 aliphatic carbocycles. The fourth-order valence-electron chi connectivity index (χ4n) is 3.66. The highest BCUT2D eigenvalue weighted by Crippen LogP contribution is 2.20. The van der Waals surface area contributed by atoms with Crippen LogP contribution >= 0.6 is 0 Å². The van der Waals surface area contributed by atoms with Gasteiger partial charge in [0.05, 0.1) is 19.3 Å². The molecule has 0 aromatic carbocycles. The highest BCUT2D eigenvalue weighted by atomic mass is 16.5.